The predicted octanol–water partition coefficient (Wildman–Crippen LogP) is 3.45. The molecule has 1 aliphatic carbocycles. The molecule has 2 aromatic rings. The topological polar surface area (TPSA) is 140 Å². The average Bonchev–Trinajstić information content (AvgIpc) is 3.12. The van der Waals surface area contributed by atoms with Crippen molar-refractivity contribution >= 4 is 57.6 Å². The molecule has 0 fully saturated rings. The summed E-state index contributed by atoms with van der Waals surface area (Å²) in [5.74, 6) is -2.64. The lowest BCUT2D eigenvalue weighted by atomic mass is 9.95. The lowest BCUT2D eigenvalue weighted by Gasteiger charge is -2.12. The Kier molecular flexibility index (Phi) is 7.54. The monoisotopic (exact) mass is 478 g/mol. The Bertz CT molecular complexity index is 1110. The van der Waals surface area contributed by atoms with Crippen molar-refractivity contribution in [2.75, 3.05) is 11.9 Å². The highest BCUT2D eigenvalue weighted by Gasteiger charge is 2.28. The van der Waals surface area contributed by atoms with Gasteiger partial charge in [-0.25, -0.2) is 10.2 Å². The van der Waals surface area contributed by atoms with Gasteiger partial charge < -0.3 is 10.1 Å². The van der Waals surface area contributed by atoms with E-state index in [-0.39, 0.29) is 27.9 Å². The first-order chi connectivity index (χ1) is 15.3. The summed E-state index contributed by atoms with van der Waals surface area (Å²) in [7, 11) is 0. The number of ether oxygens (including phenoxy) is 1. The molecule has 12 heteroatoms. The third-order valence-electron chi connectivity index (χ3n) is 4.64. The molecule has 1 aromatic carbocycles. The summed E-state index contributed by atoms with van der Waals surface area (Å²) < 4.78 is 5.12. The number of carbonyl (C=O) groups is 3. The number of hydrogen-bond acceptors (Lipinski definition) is 8. The molecule has 32 heavy (non-hydrogen) atoms. The molecule has 2 amide bonds. The number of anilines is 1. The Hall–Kier alpha value is -3.31. The highest BCUT2D eigenvalue weighted by atomic mass is 35.5. The van der Waals surface area contributed by atoms with E-state index in [0.717, 1.165) is 35.9 Å². The third-order valence-corrected chi connectivity index (χ3v) is 6.20. The van der Waals surface area contributed by atoms with E-state index in [2.05, 4.69) is 10.4 Å². The maximum Gasteiger partial charge on any atom is 0.341 e. The van der Waals surface area contributed by atoms with E-state index in [9.17, 15) is 24.5 Å². The van der Waals surface area contributed by atoms with Gasteiger partial charge in [0, 0.05) is 27.6 Å². The fraction of sp³-hybridized carbons (Fsp3) is 0.300. The van der Waals surface area contributed by atoms with Crippen LogP contribution in [0.3, 0.4) is 0 Å². The molecule has 3 rings (SSSR count). The van der Waals surface area contributed by atoms with Gasteiger partial charge in [0.2, 0.25) is 0 Å². The molecule has 1 heterocycles. The van der Waals surface area contributed by atoms with Crippen LogP contribution in [0.25, 0.3) is 0 Å². The summed E-state index contributed by atoms with van der Waals surface area (Å²) >= 11 is 7.22. The summed E-state index contributed by atoms with van der Waals surface area (Å²) in [6, 6.07) is 3.73. The third kappa shape index (κ3) is 5.29. The quantitative estimate of drug-likeness (QED) is 0.214. The fourth-order valence-electron chi connectivity index (χ4n) is 3.19. The number of amides is 2. The van der Waals surface area contributed by atoms with Gasteiger partial charge in [0.05, 0.1) is 23.3 Å². The van der Waals surface area contributed by atoms with Gasteiger partial charge in [-0.15, -0.1) is 11.3 Å². The number of hydrazone groups is 1. The Labute approximate surface area is 191 Å². The SMILES string of the molecule is CCOC(=O)c1c(NC(=O)C(=O)NN=Cc2cc([N+](=O)[O-])ccc2Cl)sc2c1CCCC2. The van der Waals surface area contributed by atoms with Crippen molar-refractivity contribution in [2.45, 2.75) is 32.6 Å². The maximum absolute atomic E-state index is 12.4. The zero-order chi connectivity index (χ0) is 23.3. The molecule has 0 radical (unpaired) electrons. The number of non-ortho nitro benzene ring substituents is 1. The molecule has 0 unspecified atom stereocenters. The number of carbonyl (C=O) groups excluding carboxylic acids is 3. The number of nitrogens with zero attached hydrogens (tertiary/aromatic N) is 2. The van der Waals surface area contributed by atoms with Crippen molar-refractivity contribution in [1.82, 2.24) is 5.43 Å². The van der Waals surface area contributed by atoms with E-state index in [1.807, 2.05) is 5.43 Å². The molecule has 1 aromatic heterocycles. The molecule has 10 nitrogen and oxygen atoms in total. The Morgan fingerprint density at radius 2 is 2.03 bits per heavy atom. The molecule has 2 N–H and O–H groups in total. The number of fused-ring (bicyclic) bond motifs is 1. The number of aryl methyl sites for hydroxylation is 1. The number of hydrogen-bond donors (Lipinski definition) is 2. The van der Waals surface area contributed by atoms with E-state index in [4.69, 9.17) is 16.3 Å². The van der Waals surface area contributed by atoms with Gasteiger partial charge in [-0.3, -0.25) is 19.7 Å². The molecular formula is C20H19ClN4O6S. The zero-order valence-corrected chi connectivity index (χ0v) is 18.5. The van der Waals surface area contributed by atoms with Crippen molar-refractivity contribution in [3.05, 3.63) is 54.9 Å². The van der Waals surface area contributed by atoms with Crippen molar-refractivity contribution < 1.29 is 24.0 Å². The second-order valence-electron chi connectivity index (χ2n) is 6.75. The lowest BCUT2D eigenvalue weighted by molar-refractivity contribution is -0.384. The Morgan fingerprint density at radius 1 is 1.28 bits per heavy atom. The molecular weight excluding hydrogens is 460 g/mol. The van der Waals surface area contributed by atoms with Crippen LogP contribution < -0.4 is 10.7 Å². The minimum absolute atomic E-state index is 0.182. The number of nitro groups is 1. The molecule has 0 bridgehead atoms. The van der Waals surface area contributed by atoms with E-state index in [1.165, 1.54) is 29.5 Å². The number of halogens is 1. The minimum Gasteiger partial charge on any atom is -0.462 e. The highest BCUT2D eigenvalue weighted by molar-refractivity contribution is 7.17. The number of thiophene rings is 1. The summed E-state index contributed by atoms with van der Waals surface area (Å²) in [4.78, 5) is 48.2. The largest absolute Gasteiger partial charge is 0.462 e. The summed E-state index contributed by atoms with van der Waals surface area (Å²) in [6.07, 6.45) is 4.50. The number of nitro benzene ring substituents is 1. The van der Waals surface area contributed by atoms with Gasteiger partial charge in [-0.1, -0.05) is 11.6 Å². The van der Waals surface area contributed by atoms with Crippen LogP contribution in [0.4, 0.5) is 10.7 Å². The van der Waals surface area contributed by atoms with Crippen LogP contribution in [-0.2, 0) is 27.2 Å². The lowest BCUT2D eigenvalue weighted by Crippen LogP contribution is -2.32. The van der Waals surface area contributed by atoms with E-state index in [0.29, 0.717) is 12.0 Å². The number of benzene rings is 1. The van der Waals surface area contributed by atoms with Gasteiger partial charge in [-0.2, -0.15) is 5.10 Å². The Morgan fingerprint density at radius 3 is 2.75 bits per heavy atom. The smallest absolute Gasteiger partial charge is 0.341 e. The van der Waals surface area contributed by atoms with Crippen LogP contribution in [0.1, 0.15) is 46.1 Å². The van der Waals surface area contributed by atoms with Gasteiger partial charge in [-0.05, 0) is 44.2 Å². The van der Waals surface area contributed by atoms with Crippen LogP contribution in [0.2, 0.25) is 5.02 Å². The molecule has 0 saturated carbocycles. The van der Waals surface area contributed by atoms with Crippen LogP contribution in [0.15, 0.2) is 23.3 Å². The van der Waals surface area contributed by atoms with Gasteiger partial charge in [0.1, 0.15) is 5.00 Å². The van der Waals surface area contributed by atoms with E-state index < -0.39 is 22.7 Å². The van der Waals surface area contributed by atoms with E-state index >= 15 is 0 Å². The molecule has 0 saturated heterocycles. The van der Waals surface area contributed by atoms with Crippen LogP contribution >= 0.6 is 22.9 Å². The predicted molar refractivity (Wildman–Crippen MR) is 119 cm³/mol. The summed E-state index contributed by atoms with van der Waals surface area (Å²) in [5, 5.41) is 17.4. The van der Waals surface area contributed by atoms with Gasteiger partial charge in [0.25, 0.3) is 5.69 Å². The van der Waals surface area contributed by atoms with Crippen LogP contribution in [0, 0.1) is 10.1 Å². The minimum atomic E-state index is -1.08. The first-order valence-corrected chi connectivity index (χ1v) is 10.9. The second kappa shape index (κ2) is 10.3. The van der Waals surface area contributed by atoms with Gasteiger partial charge in [0.15, 0.2) is 0 Å². The molecule has 0 spiro atoms. The van der Waals surface area contributed by atoms with Gasteiger partial charge >= 0.3 is 17.8 Å². The molecule has 1 aliphatic rings. The first kappa shape index (κ1) is 23.4. The first-order valence-electron chi connectivity index (χ1n) is 9.71. The average molecular weight is 479 g/mol. The standard InChI is InChI=1S/C20H19ClN4O6S/c1-2-31-20(28)16-13-5-3-4-6-15(13)32-19(16)23-17(26)18(27)24-22-10-11-9-12(25(29)30)7-8-14(11)21/h7-10H,2-6H2,1H3,(H,23,26)(H,24,27). The molecule has 168 valence electrons. The van der Waals surface area contributed by atoms with Crippen LogP contribution in [0.5, 0.6) is 0 Å². The summed E-state index contributed by atoms with van der Waals surface area (Å²) in [5.41, 5.74) is 3.18. The van der Waals surface area contributed by atoms with E-state index in [1.54, 1.807) is 6.92 Å². The maximum atomic E-state index is 12.4. The second-order valence-corrected chi connectivity index (χ2v) is 8.26. The Balaban J connectivity index is 1.71. The van der Waals surface area contributed by atoms with Crippen LogP contribution in [-0.4, -0.2) is 35.5 Å². The number of nitrogens with one attached hydrogen (secondary N) is 2. The number of esters is 1. The summed E-state index contributed by atoms with van der Waals surface area (Å²) in [6.45, 7) is 1.88. The van der Waals surface area contributed by atoms with Crippen molar-refractivity contribution in [1.29, 1.82) is 0 Å². The fourth-order valence-corrected chi connectivity index (χ4v) is 4.63. The zero-order valence-electron chi connectivity index (χ0n) is 17.0. The van der Waals surface area contributed by atoms with Crippen molar-refractivity contribution in [3.8, 4) is 0 Å². The van der Waals surface area contributed by atoms with Crippen molar-refractivity contribution in [2.24, 2.45) is 5.10 Å². The number of rotatable bonds is 6. The highest BCUT2D eigenvalue weighted by Crippen LogP contribution is 2.38. The molecule has 0 aliphatic heterocycles. The normalized spacial score (nSPS) is 12.8. The molecule has 0 atom stereocenters. The van der Waals surface area contributed by atoms with Crippen molar-refractivity contribution in [3.63, 3.8) is 0 Å².